The highest BCUT2D eigenvalue weighted by Gasteiger charge is 2.46. The van der Waals surface area contributed by atoms with Gasteiger partial charge < -0.3 is 9.80 Å². The van der Waals surface area contributed by atoms with Gasteiger partial charge in [0.05, 0.1) is 18.2 Å². The molecule has 97 heavy (non-hydrogen) atoms. The molecule has 0 fully saturated rings. The summed E-state index contributed by atoms with van der Waals surface area (Å²) < 4.78 is 46.3. The molecular weight excluding hydrogens is 1170 g/mol. The van der Waals surface area contributed by atoms with Crippen molar-refractivity contribution in [3.8, 4) is 89.8 Å². The molecule has 2 aliphatic rings. The van der Waals surface area contributed by atoms with Crippen molar-refractivity contribution in [3.05, 3.63) is 301 Å². The van der Waals surface area contributed by atoms with E-state index in [2.05, 4.69) is 275 Å². The van der Waals surface area contributed by atoms with Crippen molar-refractivity contribution in [1.82, 2.24) is 15.0 Å². The largest absolute Gasteiger partial charge is 0.311 e. The first-order valence-electron chi connectivity index (χ1n) is 36.4. The molecule has 0 bridgehead atoms. The van der Waals surface area contributed by atoms with Gasteiger partial charge in [-0.2, -0.15) is 0 Å². The summed E-state index contributed by atoms with van der Waals surface area (Å²) in [7, 11) is 0. The van der Waals surface area contributed by atoms with E-state index >= 15 is 0 Å². The lowest BCUT2D eigenvalue weighted by Gasteiger charge is -2.46. The van der Waals surface area contributed by atoms with E-state index < -0.39 is 35.7 Å². The standard InChI is InChI=1S/C91H82BN5/c1-88(2,3)69-49-68(50-70(54-69)89(4,5)6)67-44-47-76-79(53-67)96(78-48-45-65(59-31-19-13-20-32-59)51-73(78)61-35-23-15-24-36-61)81-57-72(91(10,11)12)58-82-83(81)92(76)77-46-43-66(60-33-21-14-22-34-60)52-80(77)97(82)84-74(62-37-25-16-26-38-62)55-71(90(7,8)9)56-75(84)87-94-85(63-39-27-17-28-40-63)93-86(95-87)64-41-29-18-30-42-64/h13-58H,1-12H3/i14D,21D,22D,33D,34D. The van der Waals surface area contributed by atoms with Crippen LogP contribution in [0.3, 0.4) is 0 Å². The monoisotopic (exact) mass is 1260 g/mol. The van der Waals surface area contributed by atoms with Gasteiger partial charge in [0.2, 0.25) is 0 Å². The summed E-state index contributed by atoms with van der Waals surface area (Å²) in [6, 6.07) is 87.2. The Morgan fingerprint density at radius 2 is 0.670 bits per heavy atom. The predicted molar refractivity (Wildman–Crippen MR) is 412 cm³/mol. The second-order valence-corrected chi connectivity index (χ2v) is 30.2. The summed E-state index contributed by atoms with van der Waals surface area (Å²) >= 11 is 0. The van der Waals surface area contributed by atoms with Gasteiger partial charge in [-0.05, 0) is 153 Å². The number of hydrogen-bond acceptors (Lipinski definition) is 5. The van der Waals surface area contributed by atoms with Gasteiger partial charge in [-0.25, -0.2) is 15.0 Å². The van der Waals surface area contributed by atoms with Crippen LogP contribution in [-0.4, -0.2) is 21.7 Å². The predicted octanol–water partition coefficient (Wildman–Crippen LogP) is 22.5. The van der Waals surface area contributed by atoms with Crippen LogP contribution in [0.4, 0.5) is 34.1 Å². The van der Waals surface area contributed by atoms with Crippen molar-refractivity contribution >= 4 is 57.2 Å². The summed E-state index contributed by atoms with van der Waals surface area (Å²) in [6.45, 7) is 26.9. The summed E-state index contributed by atoms with van der Waals surface area (Å²) in [5.41, 5.74) is 23.6. The van der Waals surface area contributed by atoms with Crippen molar-refractivity contribution in [2.75, 3.05) is 9.80 Å². The SMILES string of the molecule is [2H]c1c([2H])c([2H])c(-c2ccc3c(c2)N(c2c(-c4ccccc4)cc(C(C)(C)C)cc2-c2nc(-c4ccccc4)nc(-c4ccccc4)n2)c2cc(C(C)(C)C)cc4c2B3c2ccc(-c3cc(C(C)(C)C)cc(C(C)(C)C)c3)cc2N4c2ccc(-c3ccccc3)cc2-c2ccccc2)c([2H])c1[2H]. The van der Waals surface area contributed by atoms with Crippen LogP contribution >= 0.6 is 0 Å². The van der Waals surface area contributed by atoms with E-state index in [1.807, 2.05) is 66.7 Å². The fourth-order valence-electron chi connectivity index (χ4n) is 13.9. The Morgan fingerprint density at radius 1 is 0.278 bits per heavy atom. The van der Waals surface area contributed by atoms with Crippen molar-refractivity contribution in [2.45, 2.75) is 105 Å². The molecule has 0 aliphatic carbocycles. The highest BCUT2D eigenvalue weighted by atomic mass is 15.2. The number of aromatic nitrogens is 3. The van der Waals surface area contributed by atoms with Gasteiger partial charge in [0, 0.05) is 50.6 Å². The Hall–Kier alpha value is -10.7. The topological polar surface area (TPSA) is 45.2 Å². The lowest BCUT2D eigenvalue weighted by atomic mass is 9.33. The molecule has 3 heterocycles. The first kappa shape index (κ1) is 56.6. The average molecular weight is 1260 g/mol. The molecule has 0 amide bonds. The summed E-state index contributed by atoms with van der Waals surface area (Å²) in [6.07, 6.45) is 0. The van der Waals surface area contributed by atoms with Gasteiger partial charge in [-0.1, -0.05) is 313 Å². The van der Waals surface area contributed by atoms with E-state index in [1.165, 1.54) is 11.1 Å². The van der Waals surface area contributed by atoms with E-state index in [4.69, 9.17) is 19.1 Å². The maximum atomic E-state index is 9.63. The number of anilines is 6. The third-order valence-electron chi connectivity index (χ3n) is 19.4. The number of nitrogens with zero attached hydrogens (tertiary/aromatic N) is 5. The summed E-state index contributed by atoms with van der Waals surface area (Å²) in [5, 5.41) is 0. The Labute approximate surface area is 581 Å². The molecule has 1 aromatic heterocycles. The van der Waals surface area contributed by atoms with Crippen molar-refractivity contribution in [2.24, 2.45) is 0 Å². The van der Waals surface area contributed by atoms with Crippen LogP contribution in [0.15, 0.2) is 279 Å². The molecule has 474 valence electrons. The molecule has 0 unspecified atom stereocenters. The molecule has 12 aromatic carbocycles. The molecule has 13 aromatic rings. The van der Waals surface area contributed by atoms with Crippen molar-refractivity contribution in [3.63, 3.8) is 0 Å². The van der Waals surface area contributed by atoms with Crippen LogP contribution in [0.5, 0.6) is 0 Å². The maximum absolute atomic E-state index is 9.63. The Bertz CT molecular complexity index is 5330. The van der Waals surface area contributed by atoms with Crippen LogP contribution in [-0.2, 0) is 21.7 Å². The minimum atomic E-state index is -0.449. The van der Waals surface area contributed by atoms with Crippen molar-refractivity contribution < 1.29 is 6.85 Å². The lowest BCUT2D eigenvalue weighted by molar-refractivity contribution is 0.569. The van der Waals surface area contributed by atoms with Crippen molar-refractivity contribution in [1.29, 1.82) is 0 Å². The molecule has 6 heteroatoms. The lowest BCUT2D eigenvalue weighted by Crippen LogP contribution is -2.61. The van der Waals surface area contributed by atoms with Crippen LogP contribution in [0.2, 0.25) is 0 Å². The number of hydrogen-bond donors (Lipinski definition) is 0. The Morgan fingerprint density at radius 3 is 1.18 bits per heavy atom. The van der Waals surface area contributed by atoms with Gasteiger partial charge in [0.1, 0.15) is 0 Å². The Kier molecular flexibility index (Phi) is 14.1. The molecule has 0 radical (unpaired) electrons. The minimum Gasteiger partial charge on any atom is -0.311 e. The van der Waals surface area contributed by atoms with E-state index in [0.717, 1.165) is 123 Å². The average Bonchev–Trinajstić information content (AvgIpc) is 0.688. The van der Waals surface area contributed by atoms with Crippen LogP contribution in [0.25, 0.3) is 89.8 Å². The quantitative estimate of drug-likeness (QED) is 0.128. The van der Waals surface area contributed by atoms with Gasteiger partial charge >= 0.3 is 0 Å². The van der Waals surface area contributed by atoms with E-state index in [0.29, 0.717) is 23.0 Å². The third-order valence-corrected chi connectivity index (χ3v) is 19.4. The zero-order valence-electron chi connectivity index (χ0n) is 62.5. The van der Waals surface area contributed by atoms with Gasteiger partial charge in [-0.3, -0.25) is 0 Å². The fraction of sp³-hybridized carbons (Fsp3) is 0.176. The van der Waals surface area contributed by atoms with Crippen LogP contribution in [0, 0.1) is 0 Å². The maximum Gasteiger partial charge on any atom is 0.252 e. The third kappa shape index (κ3) is 11.8. The summed E-state index contributed by atoms with van der Waals surface area (Å²) in [5.74, 6) is 1.49. The molecule has 0 atom stereocenters. The molecule has 0 saturated carbocycles. The second-order valence-electron chi connectivity index (χ2n) is 30.2. The first-order valence-corrected chi connectivity index (χ1v) is 33.9. The minimum absolute atomic E-state index is 0.113. The number of rotatable bonds is 10. The first-order chi connectivity index (χ1) is 48.7. The number of benzene rings is 12. The van der Waals surface area contributed by atoms with E-state index in [-0.39, 0.29) is 28.5 Å². The van der Waals surface area contributed by atoms with Gasteiger partial charge in [0.25, 0.3) is 6.71 Å². The smallest absolute Gasteiger partial charge is 0.252 e. The normalized spacial score (nSPS) is 13.6. The summed E-state index contributed by atoms with van der Waals surface area (Å²) in [4.78, 5) is 21.5. The molecular formula is C91H82BN5. The highest BCUT2D eigenvalue weighted by molar-refractivity contribution is 7.00. The van der Waals surface area contributed by atoms with Gasteiger partial charge in [0.15, 0.2) is 17.5 Å². The number of fused-ring (bicyclic) bond motifs is 4. The van der Waals surface area contributed by atoms with E-state index in [1.54, 1.807) is 0 Å². The molecule has 15 rings (SSSR count). The Balaban J connectivity index is 1.13. The second kappa shape index (κ2) is 24.2. The molecule has 5 nitrogen and oxygen atoms in total. The molecule has 0 spiro atoms. The van der Waals surface area contributed by atoms with Crippen LogP contribution < -0.4 is 26.2 Å². The van der Waals surface area contributed by atoms with Gasteiger partial charge in [-0.15, -0.1) is 0 Å². The fourth-order valence-corrected chi connectivity index (χ4v) is 13.9. The van der Waals surface area contributed by atoms with E-state index in [9.17, 15) is 2.74 Å². The van der Waals surface area contributed by atoms with Crippen LogP contribution in [0.1, 0.15) is 112 Å². The molecule has 0 saturated heterocycles. The zero-order valence-corrected chi connectivity index (χ0v) is 57.5. The molecule has 2 aliphatic heterocycles. The zero-order chi connectivity index (χ0) is 71.5. The highest BCUT2D eigenvalue weighted by Crippen LogP contribution is 2.54. The molecule has 0 N–H and O–H groups in total.